The normalized spacial score (nSPS) is 20.1. The highest BCUT2D eigenvalue weighted by Gasteiger charge is 2.19. The molecule has 0 radical (unpaired) electrons. The van der Waals surface area contributed by atoms with E-state index in [2.05, 4.69) is 22.0 Å². The van der Waals surface area contributed by atoms with Gasteiger partial charge in [-0.2, -0.15) is 5.26 Å². The second-order valence-electron chi connectivity index (χ2n) is 3.35. The molecule has 2 rings (SSSR count). The van der Waals surface area contributed by atoms with Crippen molar-refractivity contribution in [3.63, 3.8) is 0 Å². The van der Waals surface area contributed by atoms with E-state index in [9.17, 15) is 0 Å². The molecule has 1 aromatic carbocycles. The molecule has 2 nitrogen and oxygen atoms in total. The Bertz CT molecular complexity index is 383. The third-order valence-electron chi connectivity index (χ3n) is 2.40. The summed E-state index contributed by atoms with van der Waals surface area (Å²) in [5.41, 5.74) is 1.01. The lowest BCUT2D eigenvalue weighted by molar-refractivity contribution is 0.316. The number of benzene rings is 1. The van der Waals surface area contributed by atoms with Crippen LogP contribution in [0.2, 0.25) is 0 Å². The zero-order valence-electron chi connectivity index (χ0n) is 7.66. The van der Waals surface area contributed by atoms with Crippen molar-refractivity contribution in [2.45, 2.75) is 18.8 Å². The van der Waals surface area contributed by atoms with E-state index in [1.165, 1.54) is 0 Å². The SMILES string of the molecule is N#CC1CCCOc2ccc(Br)cc21. The first-order valence-electron chi connectivity index (χ1n) is 4.63. The van der Waals surface area contributed by atoms with Crippen LogP contribution in [0.1, 0.15) is 24.3 Å². The second kappa shape index (κ2) is 4.02. The Balaban J connectivity index is 2.47. The largest absolute Gasteiger partial charge is 0.493 e. The molecule has 0 N–H and O–H groups in total. The van der Waals surface area contributed by atoms with E-state index in [4.69, 9.17) is 10.00 Å². The molecule has 0 aromatic heterocycles. The van der Waals surface area contributed by atoms with Crippen LogP contribution in [0.4, 0.5) is 0 Å². The molecule has 1 aromatic rings. The number of hydrogen-bond donors (Lipinski definition) is 0. The lowest BCUT2D eigenvalue weighted by Gasteiger charge is -2.09. The smallest absolute Gasteiger partial charge is 0.123 e. The van der Waals surface area contributed by atoms with Crippen LogP contribution in [0.3, 0.4) is 0 Å². The summed E-state index contributed by atoms with van der Waals surface area (Å²) in [6.45, 7) is 0.715. The molecule has 0 fully saturated rings. The highest BCUT2D eigenvalue weighted by atomic mass is 79.9. The predicted octanol–water partition coefficient (Wildman–Crippen LogP) is 3.23. The molecule has 0 aliphatic carbocycles. The van der Waals surface area contributed by atoms with E-state index >= 15 is 0 Å². The van der Waals surface area contributed by atoms with E-state index in [1.807, 2.05) is 18.2 Å². The highest BCUT2D eigenvalue weighted by Crippen LogP contribution is 2.34. The van der Waals surface area contributed by atoms with Gasteiger partial charge in [-0.15, -0.1) is 0 Å². The molecule has 0 saturated carbocycles. The van der Waals surface area contributed by atoms with Crippen molar-refractivity contribution < 1.29 is 4.74 Å². The van der Waals surface area contributed by atoms with Crippen LogP contribution in [0.25, 0.3) is 0 Å². The van der Waals surface area contributed by atoms with E-state index in [1.54, 1.807) is 0 Å². The fourth-order valence-electron chi connectivity index (χ4n) is 1.68. The molecule has 3 heteroatoms. The summed E-state index contributed by atoms with van der Waals surface area (Å²) in [6, 6.07) is 8.18. The summed E-state index contributed by atoms with van der Waals surface area (Å²) in [4.78, 5) is 0. The maximum Gasteiger partial charge on any atom is 0.123 e. The van der Waals surface area contributed by atoms with Gasteiger partial charge in [0.2, 0.25) is 0 Å². The van der Waals surface area contributed by atoms with Gasteiger partial charge >= 0.3 is 0 Å². The number of nitrogens with zero attached hydrogens (tertiary/aromatic N) is 1. The third-order valence-corrected chi connectivity index (χ3v) is 2.89. The molecule has 1 atom stereocenters. The van der Waals surface area contributed by atoms with Crippen LogP contribution in [-0.2, 0) is 0 Å². The minimum Gasteiger partial charge on any atom is -0.493 e. The average Bonchev–Trinajstić information content (AvgIpc) is 2.39. The zero-order chi connectivity index (χ0) is 9.97. The van der Waals surface area contributed by atoms with Crippen molar-refractivity contribution in [3.05, 3.63) is 28.2 Å². The van der Waals surface area contributed by atoms with Crippen LogP contribution in [0, 0.1) is 11.3 Å². The number of ether oxygens (including phenoxy) is 1. The van der Waals surface area contributed by atoms with Gasteiger partial charge in [-0.3, -0.25) is 0 Å². The molecular weight excluding hydrogens is 242 g/mol. The summed E-state index contributed by atoms with van der Waals surface area (Å²) in [7, 11) is 0. The van der Waals surface area contributed by atoms with E-state index in [-0.39, 0.29) is 5.92 Å². The standard InChI is InChI=1S/C11H10BrNO/c12-9-3-4-11-10(6-9)8(7-13)2-1-5-14-11/h3-4,6,8H,1-2,5H2. The molecule has 0 bridgehead atoms. The Morgan fingerprint density at radius 3 is 3.14 bits per heavy atom. The van der Waals surface area contributed by atoms with Crippen LogP contribution < -0.4 is 4.74 Å². The van der Waals surface area contributed by atoms with Gasteiger partial charge in [-0.25, -0.2) is 0 Å². The highest BCUT2D eigenvalue weighted by molar-refractivity contribution is 9.10. The van der Waals surface area contributed by atoms with E-state index in [0.717, 1.165) is 28.6 Å². The molecule has 0 amide bonds. The lowest BCUT2D eigenvalue weighted by atomic mass is 9.96. The Morgan fingerprint density at radius 2 is 2.36 bits per heavy atom. The van der Waals surface area contributed by atoms with Gasteiger partial charge in [-0.1, -0.05) is 15.9 Å². The third kappa shape index (κ3) is 1.76. The van der Waals surface area contributed by atoms with Crippen molar-refractivity contribution in [2.75, 3.05) is 6.61 Å². The predicted molar refractivity (Wildman–Crippen MR) is 57.2 cm³/mol. The van der Waals surface area contributed by atoms with Gasteiger partial charge in [0.25, 0.3) is 0 Å². The quantitative estimate of drug-likeness (QED) is 0.710. The molecular formula is C11H10BrNO. The van der Waals surface area contributed by atoms with Gasteiger partial charge in [0.05, 0.1) is 18.6 Å². The number of fused-ring (bicyclic) bond motifs is 1. The zero-order valence-corrected chi connectivity index (χ0v) is 9.25. The maximum atomic E-state index is 9.03. The maximum absolute atomic E-state index is 9.03. The summed E-state index contributed by atoms with van der Waals surface area (Å²) < 4.78 is 6.57. The van der Waals surface area contributed by atoms with Gasteiger partial charge in [0, 0.05) is 10.0 Å². The number of hydrogen-bond acceptors (Lipinski definition) is 2. The molecule has 1 unspecified atom stereocenters. The Hall–Kier alpha value is -1.01. The fourth-order valence-corrected chi connectivity index (χ4v) is 2.06. The molecule has 0 saturated heterocycles. The van der Waals surface area contributed by atoms with Gasteiger partial charge < -0.3 is 4.74 Å². The first kappa shape index (κ1) is 9.54. The van der Waals surface area contributed by atoms with Crippen molar-refractivity contribution >= 4 is 15.9 Å². The molecule has 1 heterocycles. The Morgan fingerprint density at radius 1 is 1.50 bits per heavy atom. The fraction of sp³-hybridized carbons (Fsp3) is 0.364. The number of nitriles is 1. The van der Waals surface area contributed by atoms with Crippen molar-refractivity contribution in [2.24, 2.45) is 0 Å². The minimum atomic E-state index is -0.0231. The van der Waals surface area contributed by atoms with Gasteiger partial charge in [0.15, 0.2) is 0 Å². The first-order chi connectivity index (χ1) is 6.81. The summed E-state index contributed by atoms with van der Waals surface area (Å²) in [6.07, 6.45) is 1.84. The average molecular weight is 252 g/mol. The minimum absolute atomic E-state index is 0.0231. The number of rotatable bonds is 0. The molecule has 14 heavy (non-hydrogen) atoms. The van der Waals surface area contributed by atoms with Crippen LogP contribution in [0.5, 0.6) is 5.75 Å². The van der Waals surface area contributed by atoms with E-state index in [0.29, 0.717) is 6.61 Å². The molecule has 1 aliphatic rings. The second-order valence-corrected chi connectivity index (χ2v) is 4.27. The van der Waals surface area contributed by atoms with Crippen LogP contribution in [-0.4, -0.2) is 6.61 Å². The van der Waals surface area contributed by atoms with Gasteiger partial charge in [-0.05, 0) is 31.0 Å². The summed E-state index contributed by atoms with van der Waals surface area (Å²) in [5.74, 6) is 0.835. The first-order valence-corrected chi connectivity index (χ1v) is 5.42. The summed E-state index contributed by atoms with van der Waals surface area (Å²) in [5, 5.41) is 9.03. The molecule has 72 valence electrons. The van der Waals surface area contributed by atoms with Crippen molar-refractivity contribution in [1.29, 1.82) is 5.26 Å². The monoisotopic (exact) mass is 251 g/mol. The summed E-state index contributed by atoms with van der Waals surface area (Å²) >= 11 is 3.41. The molecule has 0 spiro atoms. The number of halogens is 1. The van der Waals surface area contributed by atoms with Crippen molar-refractivity contribution in [1.82, 2.24) is 0 Å². The topological polar surface area (TPSA) is 33.0 Å². The van der Waals surface area contributed by atoms with Crippen molar-refractivity contribution in [3.8, 4) is 11.8 Å². The van der Waals surface area contributed by atoms with Crippen LogP contribution in [0.15, 0.2) is 22.7 Å². The molecule has 1 aliphatic heterocycles. The van der Waals surface area contributed by atoms with Gasteiger partial charge in [0.1, 0.15) is 5.75 Å². The van der Waals surface area contributed by atoms with Crippen LogP contribution >= 0.6 is 15.9 Å². The Kier molecular flexibility index (Phi) is 2.74. The van der Waals surface area contributed by atoms with E-state index < -0.39 is 0 Å². The Labute approximate surface area is 91.6 Å². The lowest BCUT2D eigenvalue weighted by Crippen LogP contribution is -1.95.